The summed E-state index contributed by atoms with van der Waals surface area (Å²) in [5.74, 6) is 0.814. The average molecular weight is 339 g/mol. The number of aryl methyl sites for hydroxylation is 1. The first-order valence-electron chi connectivity index (χ1n) is 8.85. The summed E-state index contributed by atoms with van der Waals surface area (Å²) in [6.45, 7) is 7.06. The molecule has 25 heavy (non-hydrogen) atoms. The van der Waals surface area contributed by atoms with E-state index in [1.165, 1.54) is 11.1 Å². The summed E-state index contributed by atoms with van der Waals surface area (Å²) in [4.78, 5) is 18.7. The van der Waals surface area contributed by atoms with Crippen molar-refractivity contribution in [3.63, 3.8) is 0 Å². The summed E-state index contributed by atoms with van der Waals surface area (Å²) in [5, 5.41) is 2.87. The van der Waals surface area contributed by atoms with Crippen molar-refractivity contribution in [2.45, 2.75) is 26.4 Å². The van der Waals surface area contributed by atoms with Gasteiger partial charge in [-0.2, -0.15) is 0 Å². The van der Waals surface area contributed by atoms with Crippen molar-refractivity contribution < 1.29 is 9.53 Å². The standard InChI is InChI=1S/C20H25N3O2/c1-3-10-21-20(24)16-8-9-19(22-13-16)23-11-12-25-18(14-23)17-7-5-4-6-15(17)2/h4-9,13,18H,3,10-12,14H2,1-2H3,(H,21,24). The van der Waals surface area contributed by atoms with Crippen LogP contribution in [0.25, 0.3) is 0 Å². The lowest BCUT2D eigenvalue weighted by Crippen LogP contribution is -2.39. The zero-order valence-electron chi connectivity index (χ0n) is 14.9. The second kappa shape index (κ2) is 8.12. The van der Waals surface area contributed by atoms with Gasteiger partial charge < -0.3 is 15.0 Å². The average Bonchev–Trinajstić information content (AvgIpc) is 2.67. The van der Waals surface area contributed by atoms with Crippen LogP contribution in [-0.4, -0.2) is 37.1 Å². The van der Waals surface area contributed by atoms with Crippen molar-refractivity contribution in [2.24, 2.45) is 0 Å². The zero-order valence-corrected chi connectivity index (χ0v) is 14.9. The molecule has 5 heteroatoms. The Balaban J connectivity index is 1.69. The summed E-state index contributed by atoms with van der Waals surface area (Å²) >= 11 is 0. The summed E-state index contributed by atoms with van der Waals surface area (Å²) in [7, 11) is 0. The second-order valence-electron chi connectivity index (χ2n) is 6.32. The largest absolute Gasteiger partial charge is 0.370 e. The summed E-state index contributed by atoms with van der Waals surface area (Å²) in [6.07, 6.45) is 2.62. The Bertz CT molecular complexity index is 715. The monoisotopic (exact) mass is 339 g/mol. The number of rotatable bonds is 5. The van der Waals surface area contributed by atoms with Gasteiger partial charge in [0.05, 0.1) is 12.2 Å². The van der Waals surface area contributed by atoms with Gasteiger partial charge in [-0.3, -0.25) is 4.79 Å². The highest BCUT2D eigenvalue weighted by Crippen LogP contribution is 2.27. The van der Waals surface area contributed by atoms with Crippen molar-refractivity contribution in [3.8, 4) is 0 Å². The molecule has 1 N–H and O–H groups in total. The zero-order chi connectivity index (χ0) is 17.6. The fourth-order valence-electron chi connectivity index (χ4n) is 3.04. The summed E-state index contributed by atoms with van der Waals surface area (Å²) in [6, 6.07) is 12.1. The molecule has 0 saturated carbocycles. The van der Waals surface area contributed by atoms with E-state index in [1.807, 2.05) is 31.2 Å². The van der Waals surface area contributed by atoms with E-state index in [0.29, 0.717) is 18.7 Å². The maximum absolute atomic E-state index is 12.0. The smallest absolute Gasteiger partial charge is 0.252 e. The predicted octanol–water partition coefficient (Wildman–Crippen LogP) is 3.11. The van der Waals surface area contributed by atoms with Gasteiger partial charge in [-0.25, -0.2) is 4.98 Å². The van der Waals surface area contributed by atoms with Gasteiger partial charge in [0.25, 0.3) is 5.91 Å². The van der Waals surface area contributed by atoms with Gasteiger partial charge in [0.15, 0.2) is 0 Å². The van der Waals surface area contributed by atoms with E-state index in [4.69, 9.17) is 4.74 Å². The molecule has 2 heterocycles. The molecule has 0 spiro atoms. The number of nitrogens with zero attached hydrogens (tertiary/aromatic N) is 2. The molecule has 0 radical (unpaired) electrons. The summed E-state index contributed by atoms with van der Waals surface area (Å²) < 4.78 is 5.97. The highest BCUT2D eigenvalue weighted by molar-refractivity contribution is 5.94. The van der Waals surface area contributed by atoms with E-state index in [0.717, 1.165) is 25.3 Å². The molecule has 1 atom stereocenters. The van der Waals surface area contributed by atoms with Crippen molar-refractivity contribution in [1.82, 2.24) is 10.3 Å². The number of carbonyl (C=O) groups excluding carboxylic acids is 1. The van der Waals surface area contributed by atoms with Crippen LogP contribution < -0.4 is 10.2 Å². The van der Waals surface area contributed by atoms with Gasteiger partial charge >= 0.3 is 0 Å². The molecule has 1 fully saturated rings. The van der Waals surface area contributed by atoms with Gasteiger partial charge in [0.2, 0.25) is 0 Å². The van der Waals surface area contributed by atoms with Crippen molar-refractivity contribution in [3.05, 3.63) is 59.3 Å². The third-order valence-electron chi connectivity index (χ3n) is 4.47. The molecule has 1 amide bonds. The van der Waals surface area contributed by atoms with E-state index in [2.05, 4.69) is 34.3 Å². The van der Waals surface area contributed by atoms with E-state index in [9.17, 15) is 4.79 Å². The van der Waals surface area contributed by atoms with Gasteiger partial charge in [-0.1, -0.05) is 31.2 Å². The number of pyridine rings is 1. The Hall–Kier alpha value is -2.40. The number of morpholine rings is 1. The van der Waals surface area contributed by atoms with E-state index >= 15 is 0 Å². The van der Waals surface area contributed by atoms with Crippen LogP contribution >= 0.6 is 0 Å². The Kier molecular flexibility index (Phi) is 5.66. The van der Waals surface area contributed by atoms with Crippen LogP contribution in [0.3, 0.4) is 0 Å². The number of nitrogens with one attached hydrogen (secondary N) is 1. The van der Waals surface area contributed by atoms with E-state index in [-0.39, 0.29) is 12.0 Å². The van der Waals surface area contributed by atoms with Crippen LogP contribution in [0.15, 0.2) is 42.6 Å². The third kappa shape index (κ3) is 4.17. The molecule has 3 rings (SSSR count). The number of benzene rings is 1. The first-order chi connectivity index (χ1) is 12.2. The lowest BCUT2D eigenvalue weighted by atomic mass is 10.0. The highest BCUT2D eigenvalue weighted by Gasteiger charge is 2.24. The molecule has 1 saturated heterocycles. The molecule has 1 aliphatic heterocycles. The number of hydrogen-bond acceptors (Lipinski definition) is 4. The molecule has 1 unspecified atom stereocenters. The predicted molar refractivity (Wildman–Crippen MR) is 98.9 cm³/mol. The van der Waals surface area contributed by atoms with Crippen LogP contribution in [0.5, 0.6) is 0 Å². The van der Waals surface area contributed by atoms with Gasteiger partial charge in [-0.05, 0) is 36.6 Å². The van der Waals surface area contributed by atoms with Crippen LogP contribution in [0.4, 0.5) is 5.82 Å². The molecule has 132 valence electrons. The Morgan fingerprint density at radius 3 is 2.88 bits per heavy atom. The number of amides is 1. The molecule has 5 nitrogen and oxygen atoms in total. The maximum Gasteiger partial charge on any atom is 0.252 e. The molecular weight excluding hydrogens is 314 g/mol. The van der Waals surface area contributed by atoms with Crippen LogP contribution in [0.1, 0.15) is 40.9 Å². The van der Waals surface area contributed by atoms with E-state index in [1.54, 1.807) is 6.20 Å². The Morgan fingerprint density at radius 1 is 1.32 bits per heavy atom. The second-order valence-corrected chi connectivity index (χ2v) is 6.32. The third-order valence-corrected chi connectivity index (χ3v) is 4.47. The van der Waals surface area contributed by atoms with Crippen molar-refractivity contribution in [2.75, 3.05) is 31.1 Å². The fraction of sp³-hybridized carbons (Fsp3) is 0.400. The minimum absolute atomic E-state index is 0.0456. The Morgan fingerprint density at radius 2 is 2.16 bits per heavy atom. The SMILES string of the molecule is CCCNC(=O)c1ccc(N2CCOC(c3ccccc3C)C2)nc1. The van der Waals surface area contributed by atoms with Gasteiger partial charge in [0.1, 0.15) is 11.9 Å². The van der Waals surface area contributed by atoms with Crippen molar-refractivity contribution in [1.29, 1.82) is 0 Å². The topological polar surface area (TPSA) is 54.5 Å². The normalized spacial score (nSPS) is 17.4. The highest BCUT2D eigenvalue weighted by atomic mass is 16.5. The molecule has 1 aromatic carbocycles. The number of anilines is 1. The Labute approximate surface area is 149 Å². The number of aromatic nitrogens is 1. The molecule has 2 aromatic rings. The van der Waals surface area contributed by atoms with Gasteiger partial charge in [0, 0.05) is 25.8 Å². The van der Waals surface area contributed by atoms with Gasteiger partial charge in [-0.15, -0.1) is 0 Å². The minimum atomic E-state index is -0.0688. The molecule has 0 aliphatic carbocycles. The van der Waals surface area contributed by atoms with Crippen LogP contribution in [0.2, 0.25) is 0 Å². The fourth-order valence-corrected chi connectivity index (χ4v) is 3.04. The first kappa shape index (κ1) is 17.4. The van der Waals surface area contributed by atoms with Crippen LogP contribution in [0, 0.1) is 6.92 Å². The number of ether oxygens (including phenoxy) is 1. The first-order valence-corrected chi connectivity index (χ1v) is 8.85. The minimum Gasteiger partial charge on any atom is -0.370 e. The molecule has 1 aromatic heterocycles. The molecular formula is C20H25N3O2. The van der Waals surface area contributed by atoms with Crippen LogP contribution in [-0.2, 0) is 4.74 Å². The van der Waals surface area contributed by atoms with Crippen molar-refractivity contribution >= 4 is 11.7 Å². The molecule has 1 aliphatic rings. The van der Waals surface area contributed by atoms with E-state index < -0.39 is 0 Å². The summed E-state index contributed by atoms with van der Waals surface area (Å²) in [5.41, 5.74) is 3.06. The lowest BCUT2D eigenvalue weighted by molar-refractivity contribution is 0.0391. The maximum atomic E-state index is 12.0. The molecule has 0 bridgehead atoms. The lowest BCUT2D eigenvalue weighted by Gasteiger charge is -2.34. The quantitative estimate of drug-likeness (QED) is 0.909. The number of carbonyl (C=O) groups is 1. The number of hydrogen-bond donors (Lipinski definition) is 1.